The van der Waals surface area contributed by atoms with Crippen molar-refractivity contribution >= 4 is 23.5 Å². The van der Waals surface area contributed by atoms with Gasteiger partial charge in [0.15, 0.2) is 5.11 Å². The quantitative estimate of drug-likeness (QED) is 0.242. The van der Waals surface area contributed by atoms with E-state index in [0.29, 0.717) is 11.7 Å². The van der Waals surface area contributed by atoms with Crippen LogP contribution in [0, 0.1) is 0 Å². The standard InChI is InChI=1S/C16H23N3OS/c1-3-5-6-11-20-15-9-7-8-14(12-15)13-18-19-16(21)17-10-4-2/h4,7-9,12-13H,2-3,5-6,10-11H2,1H3,(H2,17,19,21)/b18-13+. The summed E-state index contributed by atoms with van der Waals surface area (Å²) in [5, 5.41) is 7.48. The Bertz CT molecular complexity index is 474. The van der Waals surface area contributed by atoms with E-state index in [1.807, 2.05) is 24.3 Å². The molecule has 5 heteroatoms. The number of benzene rings is 1. The van der Waals surface area contributed by atoms with Crippen LogP contribution in [0.1, 0.15) is 31.7 Å². The molecule has 0 spiro atoms. The number of hydrazone groups is 1. The molecule has 0 unspecified atom stereocenters. The first-order chi connectivity index (χ1) is 10.3. The van der Waals surface area contributed by atoms with Crippen molar-refractivity contribution in [1.29, 1.82) is 0 Å². The molecule has 0 bridgehead atoms. The second kappa shape index (κ2) is 10.9. The molecule has 1 aromatic carbocycles. The van der Waals surface area contributed by atoms with Crippen molar-refractivity contribution in [1.82, 2.24) is 10.7 Å². The third kappa shape index (κ3) is 8.09. The fraction of sp³-hybridized carbons (Fsp3) is 0.375. The predicted molar refractivity (Wildman–Crippen MR) is 93.0 cm³/mol. The molecule has 2 N–H and O–H groups in total. The van der Waals surface area contributed by atoms with Crippen LogP contribution in [0.25, 0.3) is 0 Å². The Morgan fingerprint density at radius 3 is 3.05 bits per heavy atom. The zero-order valence-electron chi connectivity index (χ0n) is 12.5. The molecule has 114 valence electrons. The molecule has 0 fully saturated rings. The molecule has 0 aliphatic heterocycles. The number of hydrogen-bond donors (Lipinski definition) is 2. The van der Waals surface area contributed by atoms with Gasteiger partial charge >= 0.3 is 0 Å². The van der Waals surface area contributed by atoms with Gasteiger partial charge in [-0.25, -0.2) is 0 Å². The zero-order chi connectivity index (χ0) is 15.3. The molecule has 1 aromatic rings. The van der Waals surface area contributed by atoms with E-state index in [0.717, 1.165) is 24.3 Å². The molecule has 1 rings (SSSR count). The smallest absolute Gasteiger partial charge is 0.187 e. The monoisotopic (exact) mass is 305 g/mol. The number of ether oxygens (including phenoxy) is 1. The van der Waals surface area contributed by atoms with Gasteiger partial charge in [0, 0.05) is 6.54 Å². The number of rotatable bonds is 9. The van der Waals surface area contributed by atoms with E-state index in [1.54, 1.807) is 12.3 Å². The minimum atomic E-state index is 0.470. The van der Waals surface area contributed by atoms with Crippen molar-refractivity contribution < 1.29 is 4.74 Å². The molecule has 0 radical (unpaired) electrons. The molecular formula is C16H23N3OS. The molecule has 4 nitrogen and oxygen atoms in total. The highest BCUT2D eigenvalue weighted by Gasteiger charge is 1.95. The minimum absolute atomic E-state index is 0.470. The van der Waals surface area contributed by atoms with Gasteiger partial charge in [0.2, 0.25) is 0 Å². The number of nitrogens with one attached hydrogen (secondary N) is 2. The summed E-state index contributed by atoms with van der Waals surface area (Å²) in [6, 6.07) is 7.82. The van der Waals surface area contributed by atoms with E-state index < -0.39 is 0 Å². The molecule has 0 atom stereocenters. The lowest BCUT2D eigenvalue weighted by Gasteiger charge is -2.06. The first-order valence-electron chi connectivity index (χ1n) is 7.17. The largest absolute Gasteiger partial charge is 0.494 e. The van der Waals surface area contributed by atoms with Gasteiger partial charge in [-0.3, -0.25) is 5.43 Å². The molecule has 0 heterocycles. The third-order valence-corrected chi connectivity index (χ3v) is 2.90. The van der Waals surface area contributed by atoms with E-state index >= 15 is 0 Å². The highest BCUT2D eigenvalue weighted by Crippen LogP contribution is 2.12. The number of unbranched alkanes of at least 4 members (excludes halogenated alkanes) is 2. The van der Waals surface area contributed by atoms with Gasteiger partial charge < -0.3 is 10.1 Å². The first kappa shape index (κ1) is 17.2. The van der Waals surface area contributed by atoms with E-state index in [4.69, 9.17) is 17.0 Å². The van der Waals surface area contributed by atoms with Gasteiger partial charge in [0.1, 0.15) is 5.75 Å². The third-order valence-electron chi connectivity index (χ3n) is 2.66. The van der Waals surface area contributed by atoms with Crippen molar-refractivity contribution in [2.45, 2.75) is 26.2 Å². The van der Waals surface area contributed by atoms with Crippen LogP contribution in [0.4, 0.5) is 0 Å². The molecule has 0 saturated heterocycles. The van der Waals surface area contributed by atoms with Gasteiger partial charge in [-0.15, -0.1) is 6.58 Å². The summed E-state index contributed by atoms with van der Waals surface area (Å²) in [5.74, 6) is 0.863. The average Bonchev–Trinajstić information content (AvgIpc) is 2.50. The van der Waals surface area contributed by atoms with Crippen molar-refractivity contribution in [3.05, 3.63) is 42.5 Å². The minimum Gasteiger partial charge on any atom is -0.494 e. The maximum absolute atomic E-state index is 5.70. The molecule has 0 aliphatic carbocycles. The van der Waals surface area contributed by atoms with Crippen LogP contribution in [-0.2, 0) is 0 Å². The van der Waals surface area contributed by atoms with Crippen LogP contribution < -0.4 is 15.5 Å². The molecule has 0 aromatic heterocycles. The summed E-state index contributed by atoms with van der Waals surface area (Å²) in [6.45, 7) is 7.15. The van der Waals surface area contributed by atoms with Crippen LogP contribution in [-0.4, -0.2) is 24.5 Å². The molecule has 21 heavy (non-hydrogen) atoms. The second-order valence-electron chi connectivity index (χ2n) is 4.50. The zero-order valence-corrected chi connectivity index (χ0v) is 13.3. The summed E-state index contributed by atoms with van der Waals surface area (Å²) >= 11 is 5.03. The lowest BCUT2D eigenvalue weighted by molar-refractivity contribution is 0.306. The maximum Gasteiger partial charge on any atom is 0.187 e. The van der Waals surface area contributed by atoms with Crippen LogP contribution in [0.2, 0.25) is 0 Å². The van der Waals surface area contributed by atoms with Crippen LogP contribution >= 0.6 is 12.2 Å². The van der Waals surface area contributed by atoms with Crippen molar-refractivity contribution in [2.75, 3.05) is 13.2 Å². The van der Waals surface area contributed by atoms with Crippen LogP contribution in [0.15, 0.2) is 42.0 Å². The van der Waals surface area contributed by atoms with Gasteiger partial charge in [0.05, 0.1) is 12.8 Å². The Balaban J connectivity index is 2.40. The highest BCUT2D eigenvalue weighted by molar-refractivity contribution is 7.80. The van der Waals surface area contributed by atoms with Gasteiger partial charge in [-0.05, 0) is 36.3 Å². The van der Waals surface area contributed by atoms with Crippen molar-refractivity contribution in [3.8, 4) is 5.75 Å². The number of thiocarbonyl (C=S) groups is 1. The Kier molecular flexibility index (Phi) is 8.88. The lowest BCUT2D eigenvalue weighted by atomic mass is 10.2. The Labute approximate surface area is 132 Å². The molecule has 0 aliphatic rings. The van der Waals surface area contributed by atoms with Gasteiger partial charge in [-0.1, -0.05) is 38.0 Å². The topological polar surface area (TPSA) is 45.7 Å². The van der Waals surface area contributed by atoms with Gasteiger partial charge in [0.25, 0.3) is 0 Å². The summed E-state index contributed by atoms with van der Waals surface area (Å²) in [7, 11) is 0. The van der Waals surface area contributed by atoms with Crippen molar-refractivity contribution in [2.24, 2.45) is 5.10 Å². The fourth-order valence-electron chi connectivity index (χ4n) is 1.60. The SMILES string of the molecule is C=CCNC(=S)N/N=C/c1cccc(OCCCCC)c1. The summed E-state index contributed by atoms with van der Waals surface area (Å²) in [5.41, 5.74) is 3.71. The Morgan fingerprint density at radius 1 is 1.43 bits per heavy atom. The average molecular weight is 305 g/mol. The molecule has 0 amide bonds. The van der Waals surface area contributed by atoms with Crippen molar-refractivity contribution in [3.63, 3.8) is 0 Å². The predicted octanol–water partition coefficient (Wildman–Crippen LogP) is 3.24. The Morgan fingerprint density at radius 2 is 2.29 bits per heavy atom. The molecule has 0 saturated carbocycles. The lowest BCUT2D eigenvalue weighted by Crippen LogP contribution is -2.31. The van der Waals surface area contributed by atoms with E-state index in [-0.39, 0.29) is 0 Å². The fourth-order valence-corrected chi connectivity index (χ4v) is 1.73. The van der Waals surface area contributed by atoms with Gasteiger partial charge in [-0.2, -0.15) is 5.10 Å². The summed E-state index contributed by atoms with van der Waals surface area (Å²) in [6.07, 6.45) is 6.92. The maximum atomic E-state index is 5.70. The molecular weight excluding hydrogens is 282 g/mol. The highest BCUT2D eigenvalue weighted by atomic mass is 32.1. The second-order valence-corrected chi connectivity index (χ2v) is 4.91. The first-order valence-corrected chi connectivity index (χ1v) is 7.57. The van der Waals surface area contributed by atoms with Crippen LogP contribution in [0.3, 0.4) is 0 Å². The van der Waals surface area contributed by atoms with Crippen LogP contribution in [0.5, 0.6) is 5.75 Å². The van der Waals surface area contributed by atoms with E-state index in [2.05, 4.69) is 29.3 Å². The number of hydrogen-bond acceptors (Lipinski definition) is 3. The van der Waals surface area contributed by atoms with E-state index in [1.165, 1.54) is 12.8 Å². The summed E-state index contributed by atoms with van der Waals surface area (Å²) in [4.78, 5) is 0. The Hall–Kier alpha value is -1.88. The normalized spacial score (nSPS) is 10.3. The van der Waals surface area contributed by atoms with E-state index in [9.17, 15) is 0 Å². The number of nitrogens with zero attached hydrogens (tertiary/aromatic N) is 1. The summed E-state index contributed by atoms with van der Waals surface area (Å²) < 4.78 is 5.70.